The van der Waals surface area contributed by atoms with Crippen molar-refractivity contribution in [3.63, 3.8) is 0 Å². The predicted molar refractivity (Wildman–Crippen MR) is 55.8 cm³/mol. The van der Waals surface area contributed by atoms with E-state index in [0.717, 1.165) is 12.0 Å². The van der Waals surface area contributed by atoms with Gasteiger partial charge in [-0.05, 0) is 13.3 Å². The lowest BCUT2D eigenvalue weighted by atomic mass is 10.1. The number of hydrogen-bond donors (Lipinski definition) is 1. The summed E-state index contributed by atoms with van der Waals surface area (Å²) in [6.45, 7) is 15.8. The minimum Gasteiger partial charge on any atom is -0.324 e. The third kappa shape index (κ3) is 17.7. The fourth-order valence-corrected chi connectivity index (χ4v) is 0.322. The van der Waals surface area contributed by atoms with E-state index in [1.54, 1.807) is 0 Å². The summed E-state index contributed by atoms with van der Waals surface area (Å²) in [5.41, 5.74) is 6.57. The zero-order chi connectivity index (χ0) is 9.86. The summed E-state index contributed by atoms with van der Waals surface area (Å²) in [5, 5.41) is 0. The summed E-state index contributed by atoms with van der Waals surface area (Å²) in [5.74, 6) is 0. The molecule has 0 saturated heterocycles. The van der Waals surface area contributed by atoms with Crippen molar-refractivity contribution in [2.75, 3.05) is 0 Å². The van der Waals surface area contributed by atoms with Gasteiger partial charge in [0, 0.05) is 6.04 Å². The summed E-state index contributed by atoms with van der Waals surface area (Å²) in [6.07, 6.45) is 0.998. The van der Waals surface area contributed by atoms with Crippen molar-refractivity contribution in [2.45, 2.75) is 54.0 Å². The van der Waals surface area contributed by atoms with E-state index >= 15 is 0 Å². The van der Waals surface area contributed by atoms with Gasteiger partial charge in [0.2, 0.25) is 0 Å². The van der Waals surface area contributed by atoms with Crippen molar-refractivity contribution >= 4 is 0 Å². The number of hydrogen-bond acceptors (Lipinski definition) is 1. The molecule has 0 radical (unpaired) electrons. The molecule has 0 aliphatic rings. The summed E-state index contributed by atoms with van der Waals surface area (Å²) >= 11 is 0. The molecule has 0 aliphatic heterocycles. The van der Waals surface area contributed by atoms with Crippen LogP contribution in [0.25, 0.3) is 0 Å². The van der Waals surface area contributed by atoms with Gasteiger partial charge in [0.05, 0.1) is 0 Å². The fourth-order valence-electron chi connectivity index (χ4n) is 0.322. The number of nitrogens with two attached hydrogens (primary N) is 1. The van der Waals surface area contributed by atoms with Crippen molar-refractivity contribution in [1.29, 1.82) is 0 Å². The highest BCUT2D eigenvalue weighted by molar-refractivity contribution is 5.00. The van der Waals surface area contributed by atoms with Crippen LogP contribution >= 0.6 is 0 Å². The average Bonchev–Trinajstić information content (AvgIpc) is 2.10. The van der Waals surface area contributed by atoms with Crippen LogP contribution in [0.3, 0.4) is 0 Å². The van der Waals surface area contributed by atoms with Crippen molar-refractivity contribution < 1.29 is 0 Å². The smallest absolute Gasteiger partial charge is 0.0221 e. The Kier molecular flexibility index (Phi) is 25.2. The maximum absolute atomic E-state index is 5.45. The molecule has 0 aromatic heterocycles. The molecule has 2 N–H and O–H groups in total. The Balaban J connectivity index is -0.000000138. The first kappa shape index (κ1) is 17.0. The maximum Gasteiger partial charge on any atom is 0.0221 e. The van der Waals surface area contributed by atoms with Crippen molar-refractivity contribution in [1.82, 2.24) is 0 Å². The van der Waals surface area contributed by atoms with Gasteiger partial charge >= 0.3 is 0 Å². The molecule has 0 spiro atoms. The molecule has 0 amide bonds. The third-order valence-corrected chi connectivity index (χ3v) is 1.10. The standard InChI is InChI=1S/C6H13N.2C2H6/c1-4-5(2)6(3)7;2*1-2/h6H,2,4,7H2,1,3H3;2*1-2H3/t6-;;/m1../s1. The first-order valence-electron chi connectivity index (χ1n) is 4.61. The SMILES string of the molecule is C=C(CC)[C@@H](C)N.CC.CC. The van der Waals surface area contributed by atoms with E-state index in [9.17, 15) is 0 Å². The van der Waals surface area contributed by atoms with E-state index in [2.05, 4.69) is 13.5 Å². The molecule has 70 valence electrons. The van der Waals surface area contributed by atoms with Gasteiger partial charge in [-0.2, -0.15) is 0 Å². The van der Waals surface area contributed by atoms with E-state index in [4.69, 9.17) is 5.73 Å². The van der Waals surface area contributed by atoms with Crippen LogP contribution in [-0.2, 0) is 0 Å². The van der Waals surface area contributed by atoms with Crippen LogP contribution in [0.5, 0.6) is 0 Å². The topological polar surface area (TPSA) is 26.0 Å². The Morgan fingerprint density at radius 3 is 1.55 bits per heavy atom. The third-order valence-electron chi connectivity index (χ3n) is 1.10. The molecule has 1 nitrogen and oxygen atoms in total. The van der Waals surface area contributed by atoms with E-state index < -0.39 is 0 Å². The quantitative estimate of drug-likeness (QED) is 0.614. The molecule has 0 fully saturated rings. The Bertz CT molecular complexity index is 65.3. The zero-order valence-electron chi connectivity index (χ0n) is 9.07. The first-order valence-corrected chi connectivity index (χ1v) is 4.61. The Labute approximate surface area is 72.7 Å². The average molecular weight is 159 g/mol. The Hall–Kier alpha value is -0.300. The van der Waals surface area contributed by atoms with Crippen molar-refractivity contribution in [2.24, 2.45) is 5.73 Å². The summed E-state index contributed by atoms with van der Waals surface area (Å²) in [6, 6.07) is 0.171. The lowest BCUT2D eigenvalue weighted by molar-refractivity contribution is 0.819. The van der Waals surface area contributed by atoms with Crippen molar-refractivity contribution in [3.8, 4) is 0 Å². The zero-order valence-corrected chi connectivity index (χ0v) is 9.07. The second-order valence-corrected chi connectivity index (χ2v) is 1.80. The Morgan fingerprint density at radius 1 is 1.27 bits per heavy atom. The molecule has 0 rings (SSSR count). The maximum atomic E-state index is 5.45. The summed E-state index contributed by atoms with van der Waals surface area (Å²) in [7, 11) is 0. The molecule has 0 heterocycles. The normalized spacial score (nSPS) is 9.73. The summed E-state index contributed by atoms with van der Waals surface area (Å²) < 4.78 is 0. The van der Waals surface area contributed by atoms with Gasteiger partial charge in [0.25, 0.3) is 0 Å². The van der Waals surface area contributed by atoms with Gasteiger partial charge in [-0.15, -0.1) is 0 Å². The van der Waals surface area contributed by atoms with E-state index in [-0.39, 0.29) is 6.04 Å². The molecule has 1 atom stereocenters. The molecule has 11 heavy (non-hydrogen) atoms. The highest BCUT2D eigenvalue weighted by atomic mass is 14.6. The molecule has 0 unspecified atom stereocenters. The first-order chi connectivity index (χ1) is 5.18. The minimum absolute atomic E-state index is 0.171. The van der Waals surface area contributed by atoms with E-state index in [0.29, 0.717) is 0 Å². The van der Waals surface area contributed by atoms with Crippen LogP contribution in [0.4, 0.5) is 0 Å². The molecular weight excluding hydrogens is 134 g/mol. The van der Waals surface area contributed by atoms with Gasteiger partial charge in [0.15, 0.2) is 0 Å². The Morgan fingerprint density at radius 2 is 1.55 bits per heavy atom. The fraction of sp³-hybridized carbons (Fsp3) is 0.800. The van der Waals surface area contributed by atoms with Gasteiger partial charge in [-0.25, -0.2) is 0 Å². The van der Waals surface area contributed by atoms with E-state index in [1.807, 2.05) is 34.6 Å². The van der Waals surface area contributed by atoms with Crippen molar-refractivity contribution in [3.05, 3.63) is 12.2 Å². The molecule has 0 saturated carbocycles. The van der Waals surface area contributed by atoms with Gasteiger partial charge in [-0.1, -0.05) is 46.8 Å². The van der Waals surface area contributed by atoms with Gasteiger partial charge in [0.1, 0.15) is 0 Å². The monoisotopic (exact) mass is 159 g/mol. The minimum atomic E-state index is 0.171. The lowest BCUT2D eigenvalue weighted by Gasteiger charge is -2.03. The molecule has 0 aliphatic carbocycles. The highest BCUT2D eigenvalue weighted by Crippen LogP contribution is 1.98. The molecule has 0 bridgehead atoms. The van der Waals surface area contributed by atoms with E-state index in [1.165, 1.54) is 0 Å². The van der Waals surface area contributed by atoms with Gasteiger partial charge < -0.3 is 5.73 Å². The molecule has 0 aromatic carbocycles. The van der Waals surface area contributed by atoms with Crippen LogP contribution in [0.2, 0.25) is 0 Å². The second kappa shape index (κ2) is 16.4. The van der Waals surface area contributed by atoms with Crippen LogP contribution in [0.15, 0.2) is 12.2 Å². The summed E-state index contributed by atoms with van der Waals surface area (Å²) in [4.78, 5) is 0. The van der Waals surface area contributed by atoms with Crippen LogP contribution < -0.4 is 5.73 Å². The molecule has 0 aromatic rings. The molecular formula is C10H25N. The molecule has 1 heteroatoms. The van der Waals surface area contributed by atoms with Crippen LogP contribution in [0.1, 0.15) is 48.0 Å². The van der Waals surface area contributed by atoms with Crippen LogP contribution in [0, 0.1) is 0 Å². The van der Waals surface area contributed by atoms with Crippen LogP contribution in [-0.4, -0.2) is 6.04 Å². The highest BCUT2D eigenvalue weighted by Gasteiger charge is 1.93. The predicted octanol–water partition coefficient (Wildman–Crippen LogP) is 3.35. The number of rotatable bonds is 2. The largest absolute Gasteiger partial charge is 0.324 e. The van der Waals surface area contributed by atoms with Gasteiger partial charge in [-0.3, -0.25) is 0 Å². The second-order valence-electron chi connectivity index (χ2n) is 1.80. The lowest BCUT2D eigenvalue weighted by Crippen LogP contribution is -2.16.